The van der Waals surface area contributed by atoms with Crippen LogP contribution < -0.4 is 9.64 Å². The van der Waals surface area contributed by atoms with Gasteiger partial charge in [-0.1, -0.05) is 23.7 Å². The Morgan fingerprint density at radius 3 is 2.88 bits per heavy atom. The molecule has 1 fully saturated rings. The van der Waals surface area contributed by atoms with Crippen molar-refractivity contribution in [2.24, 2.45) is 11.8 Å². The van der Waals surface area contributed by atoms with E-state index in [9.17, 15) is 4.79 Å². The summed E-state index contributed by atoms with van der Waals surface area (Å²) in [4.78, 5) is 14.8. The number of aryl methyl sites for hydroxylation is 1. The highest BCUT2D eigenvalue weighted by atomic mass is 35.5. The molecule has 0 amide bonds. The lowest BCUT2D eigenvalue weighted by molar-refractivity contribution is 0.0600. The predicted molar refractivity (Wildman–Crippen MR) is 137 cm³/mol. The normalized spacial score (nSPS) is 25.4. The maximum Gasteiger partial charge on any atom is 0.337 e. The zero-order valence-electron chi connectivity index (χ0n) is 20.0. The van der Waals surface area contributed by atoms with Gasteiger partial charge in [0.2, 0.25) is 0 Å². The average Bonchev–Trinajstić information content (AvgIpc) is 2.98. The van der Waals surface area contributed by atoms with Gasteiger partial charge in [0.1, 0.15) is 5.75 Å². The van der Waals surface area contributed by atoms with Crippen LogP contribution in [0.3, 0.4) is 0 Å². The fourth-order valence-corrected chi connectivity index (χ4v) is 6.43. The van der Waals surface area contributed by atoms with Crippen LogP contribution in [0.2, 0.25) is 5.02 Å². The summed E-state index contributed by atoms with van der Waals surface area (Å²) in [5, 5.41) is 0.799. The van der Waals surface area contributed by atoms with Gasteiger partial charge in [-0.15, -0.1) is 6.58 Å². The minimum absolute atomic E-state index is 0.0943. The Balaban J connectivity index is 1.52. The quantitative estimate of drug-likeness (QED) is 0.346. The molecule has 34 heavy (non-hydrogen) atoms. The zero-order valence-corrected chi connectivity index (χ0v) is 20.8. The van der Waals surface area contributed by atoms with E-state index in [1.807, 2.05) is 30.3 Å². The first-order valence-electron chi connectivity index (χ1n) is 12.5. The lowest BCUT2D eigenvalue weighted by Crippen LogP contribution is -2.48. The Kier molecular flexibility index (Phi) is 6.61. The van der Waals surface area contributed by atoms with E-state index in [0.717, 1.165) is 61.2 Å². The molecule has 0 N–H and O–H groups in total. The molecule has 0 unspecified atom stereocenters. The Morgan fingerprint density at radius 2 is 2.12 bits per heavy atom. The average molecular weight is 480 g/mol. The first-order chi connectivity index (χ1) is 16.5. The largest absolute Gasteiger partial charge is 0.490 e. The molecule has 5 heteroatoms. The molecule has 1 aliphatic heterocycles. The van der Waals surface area contributed by atoms with E-state index >= 15 is 0 Å². The van der Waals surface area contributed by atoms with Gasteiger partial charge in [0.05, 0.1) is 25.0 Å². The van der Waals surface area contributed by atoms with E-state index in [0.29, 0.717) is 18.1 Å². The summed E-state index contributed by atoms with van der Waals surface area (Å²) >= 11 is 6.36. The van der Waals surface area contributed by atoms with Crippen molar-refractivity contribution in [2.45, 2.75) is 50.4 Å². The number of allylic oxidation sites excluding steroid dienone is 1. The number of ether oxygens (including phenoxy) is 2. The van der Waals surface area contributed by atoms with Crippen LogP contribution in [0.25, 0.3) is 0 Å². The van der Waals surface area contributed by atoms with Gasteiger partial charge in [-0.05, 0) is 98.2 Å². The molecular formula is C29H34ClNO3. The van der Waals surface area contributed by atoms with Crippen molar-refractivity contribution >= 4 is 23.3 Å². The van der Waals surface area contributed by atoms with Crippen LogP contribution in [-0.2, 0) is 16.6 Å². The Bertz CT molecular complexity index is 1080. The summed E-state index contributed by atoms with van der Waals surface area (Å²) in [6, 6.07) is 12.1. The second kappa shape index (κ2) is 9.65. The molecule has 3 aliphatic rings. The van der Waals surface area contributed by atoms with Gasteiger partial charge < -0.3 is 14.4 Å². The Labute approximate surface area is 207 Å². The smallest absolute Gasteiger partial charge is 0.337 e. The van der Waals surface area contributed by atoms with Gasteiger partial charge in [-0.25, -0.2) is 4.79 Å². The van der Waals surface area contributed by atoms with Gasteiger partial charge >= 0.3 is 5.97 Å². The number of esters is 1. The number of hydrogen-bond donors (Lipinski definition) is 0. The summed E-state index contributed by atoms with van der Waals surface area (Å²) in [7, 11) is 1.43. The molecular weight excluding hydrogens is 446 g/mol. The summed E-state index contributed by atoms with van der Waals surface area (Å²) in [6.45, 7) is 6.40. The molecule has 0 radical (unpaired) electrons. The van der Waals surface area contributed by atoms with Crippen molar-refractivity contribution in [1.82, 2.24) is 0 Å². The van der Waals surface area contributed by atoms with Crippen molar-refractivity contribution in [2.75, 3.05) is 31.7 Å². The van der Waals surface area contributed by atoms with E-state index in [2.05, 4.69) is 23.6 Å². The van der Waals surface area contributed by atoms with Gasteiger partial charge in [-0.3, -0.25) is 0 Å². The number of nitrogens with zero attached hydrogens (tertiary/aromatic N) is 1. The SMILES string of the molecule is C=CCC[C@@H]1CC[C@H]1CN1C[C@@]2(CCCc3cc(Cl)ccc32)COc2ccc(C(=O)OC)cc21. The number of carbonyl (C=O) groups excluding carboxylic acids is 1. The van der Waals surface area contributed by atoms with Crippen LogP contribution in [-0.4, -0.2) is 32.8 Å². The van der Waals surface area contributed by atoms with Crippen molar-refractivity contribution < 1.29 is 14.3 Å². The highest BCUT2D eigenvalue weighted by molar-refractivity contribution is 6.30. The third-order valence-electron chi connectivity index (χ3n) is 8.23. The topological polar surface area (TPSA) is 38.8 Å². The van der Waals surface area contributed by atoms with E-state index in [-0.39, 0.29) is 11.4 Å². The van der Waals surface area contributed by atoms with Crippen molar-refractivity contribution in [3.63, 3.8) is 0 Å². The number of benzene rings is 2. The van der Waals surface area contributed by atoms with Crippen molar-refractivity contribution in [1.29, 1.82) is 0 Å². The van der Waals surface area contributed by atoms with E-state index in [1.54, 1.807) is 0 Å². The number of carbonyl (C=O) groups is 1. The number of hydrogen-bond acceptors (Lipinski definition) is 4. The van der Waals surface area contributed by atoms with Crippen molar-refractivity contribution in [3.05, 3.63) is 70.8 Å². The molecule has 2 aromatic rings. The molecule has 0 aromatic heterocycles. The minimum Gasteiger partial charge on any atom is -0.490 e. The minimum atomic E-state index is -0.313. The molecule has 1 heterocycles. The van der Waals surface area contributed by atoms with Crippen LogP contribution in [0, 0.1) is 11.8 Å². The number of methoxy groups -OCH3 is 1. The van der Waals surface area contributed by atoms with Crippen LogP contribution >= 0.6 is 11.6 Å². The molecule has 5 rings (SSSR count). The van der Waals surface area contributed by atoms with Crippen LogP contribution in [0.4, 0.5) is 5.69 Å². The van der Waals surface area contributed by atoms with E-state index < -0.39 is 0 Å². The van der Waals surface area contributed by atoms with Crippen LogP contribution in [0.5, 0.6) is 5.75 Å². The predicted octanol–water partition coefficient (Wildman–Crippen LogP) is 6.59. The summed E-state index contributed by atoms with van der Waals surface area (Å²) < 4.78 is 11.5. The molecule has 2 aliphatic carbocycles. The Hall–Kier alpha value is -2.46. The Morgan fingerprint density at radius 1 is 1.26 bits per heavy atom. The highest BCUT2D eigenvalue weighted by Crippen LogP contribution is 2.46. The number of anilines is 1. The van der Waals surface area contributed by atoms with E-state index in [4.69, 9.17) is 21.1 Å². The molecule has 1 spiro atoms. The van der Waals surface area contributed by atoms with Crippen LogP contribution in [0.15, 0.2) is 49.1 Å². The van der Waals surface area contributed by atoms with Crippen LogP contribution in [0.1, 0.15) is 60.0 Å². The fraction of sp³-hybridized carbons (Fsp3) is 0.483. The standard InChI is InChI=1S/C29H34ClNO3/c1-3-4-6-20-8-9-23(20)17-31-18-29(14-5-7-21-15-24(30)11-12-25(21)29)19-34-27-13-10-22(16-26(27)31)28(32)33-2/h3,10-13,15-16,20,23H,1,4-9,14,17-19H2,2H3/t20-,23+,29+/m1/s1. The molecule has 1 saturated carbocycles. The number of rotatable bonds is 6. The van der Waals surface area contributed by atoms with Gasteiger partial charge in [0.25, 0.3) is 0 Å². The molecule has 180 valence electrons. The summed E-state index contributed by atoms with van der Waals surface area (Å²) in [5.41, 5.74) is 4.19. The molecule has 4 nitrogen and oxygen atoms in total. The summed E-state index contributed by atoms with van der Waals surface area (Å²) in [5.74, 6) is 1.93. The monoisotopic (exact) mass is 479 g/mol. The zero-order chi connectivity index (χ0) is 23.7. The maximum atomic E-state index is 12.3. The third kappa shape index (κ3) is 4.33. The summed E-state index contributed by atoms with van der Waals surface area (Å²) in [6.07, 6.45) is 10.1. The second-order valence-electron chi connectivity index (χ2n) is 10.2. The number of fused-ring (bicyclic) bond motifs is 3. The highest BCUT2D eigenvalue weighted by Gasteiger charge is 2.43. The van der Waals surface area contributed by atoms with Crippen molar-refractivity contribution in [3.8, 4) is 5.75 Å². The van der Waals surface area contributed by atoms with Gasteiger partial charge in [0, 0.05) is 23.5 Å². The molecule has 2 aromatic carbocycles. The molecule has 3 atom stereocenters. The maximum absolute atomic E-state index is 12.3. The van der Waals surface area contributed by atoms with Gasteiger partial charge in [0.15, 0.2) is 0 Å². The lowest BCUT2D eigenvalue weighted by atomic mass is 9.69. The molecule has 0 saturated heterocycles. The molecule has 0 bridgehead atoms. The first kappa shape index (κ1) is 23.3. The number of halogens is 1. The van der Waals surface area contributed by atoms with E-state index in [1.165, 1.54) is 37.5 Å². The third-order valence-corrected chi connectivity index (χ3v) is 8.46. The van der Waals surface area contributed by atoms with Gasteiger partial charge in [-0.2, -0.15) is 0 Å². The first-order valence-corrected chi connectivity index (χ1v) is 12.9. The second-order valence-corrected chi connectivity index (χ2v) is 10.7. The fourth-order valence-electron chi connectivity index (χ4n) is 6.23. The lowest BCUT2D eigenvalue weighted by Gasteiger charge is -2.44.